The minimum absolute atomic E-state index is 0.0234. The average molecular weight is 530 g/mol. The summed E-state index contributed by atoms with van der Waals surface area (Å²) < 4.78 is 6.37. The maximum absolute atomic E-state index is 13.2. The van der Waals surface area contributed by atoms with E-state index in [1.54, 1.807) is 35.2 Å². The van der Waals surface area contributed by atoms with Crippen molar-refractivity contribution >= 4 is 50.9 Å². The van der Waals surface area contributed by atoms with Crippen molar-refractivity contribution in [3.8, 4) is 5.75 Å². The fraction of sp³-hybridized carbons (Fsp3) is 0.391. The van der Waals surface area contributed by atoms with Gasteiger partial charge >= 0.3 is 0 Å². The molecule has 0 heterocycles. The molecule has 2 aromatic carbocycles. The van der Waals surface area contributed by atoms with Crippen molar-refractivity contribution in [3.63, 3.8) is 0 Å². The van der Waals surface area contributed by atoms with Gasteiger partial charge in [-0.2, -0.15) is 0 Å². The molecule has 0 saturated heterocycles. The van der Waals surface area contributed by atoms with E-state index in [0.29, 0.717) is 26.7 Å². The highest BCUT2D eigenvalue weighted by Crippen LogP contribution is 2.28. The number of amides is 2. The lowest BCUT2D eigenvalue weighted by Crippen LogP contribution is -2.51. The molecule has 0 fully saturated rings. The Kier molecular flexibility index (Phi) is 10.1. The molecule has 0 bridgehead atoms. The lowest BCUT2D eigenvalue weighted by Gasteiger charge is -2.31. The third kappa shape index (κ3) is 7.70. The number of benzene rings is 2. The van der Waals surface area contributed by atoms with E-state index in [1.165, 1.54) is 0 Å². The highest BCUT2D eigenvalue weighted by Gasteiger charge is 2.29. The first-order valence-corrected chi connectivity index (χ1v) is 11.7. The molecule has 0 aliphatic heterocycles. The molecule has 0 saturated carbocycles. The van der Waals surface area contributed by atoms with Crippen molar-refractivity contribution in [2.45, 2.75) is 52.2 Å². The lowest BCUT2D eigenvalue weighted by molar-refractivity contribution is -0.143. The van der Waals surface area contributed by atoms with E-state index in [2.05, 4.69) is 21.2 Å². The largest absolute Gasteiger partial charge is 0.483 e. The summed E-state index contributed by atoms with van der Waals surface area (Å²) in [5.74, 6) is 0.0380. The predicted octanol–water partition coefficient (Wildman–Crippen LogP) is 5.86. The van der Waals surface area contributed by atoms with Gasteiger partial charge in [-0.25, -0.2) is 0 Å². The van der Waals surface area contributed by atoms with Gasteiger partial charge in [0.05, 0.1) is 4.47 Å². The molecule has 0 radical (unpaired) electrons. The van der Waals surface area contributed by atoms with Gasteiger partial charge < -0.3 is 15.0 Å². The molecule has 1 N–H and O–H groups in total. The quantitative estimate of drug-likeness (QED) is 0.419. The van der Waals surface area contributed by atoms with Crippen molar-refractivity contribution < 1.29 is 14.3 Å². The van der Waals surface area contributed by atoms with Gasteiger partial charge in [-0.1, -0.05) is 49.2 Å². The molecule has 31 heavy (non-hydrogen) atoms. The van der Waals surface area contributed by atoms with Crippen LogP contribution < -0.4 is 10.1 Å². The highest BCUT2D eigenvalue weighted by atomic mass is 79.9. The summed E-state index contributed by atoms with van der Waals surface area (Å²) in [4.78, 5) is 27.7. The standard InChI is InChI=1S/C23H27BrCl2N2O3/c1-4-15(3)27-23(30)20(5-2)28(13-16-6-8-17(25)9-7-16)22(29)14-31-21-11-10-18(26)12-19(21)24/h6-12,15,20H,4-5,13-14H2,1-3H3,(H,27,30)/t15-,20-/m1/s1. The number of hydrogen-bond donors (Lipinski definition) is 1. The van der Waals surface area contributed by atoms with E-state index in [-0.39, 0.29) is 31.0 Å². The van der Waals surface area contributed by atoms with Gasteiger partial charge in [0, 0.05) is 22.6 Å². The molecule has 0 aliphatic rings. The van der Waals surface area contributed by atoms with Crippen LogP contribution in [0.15, 0.2) is 46.9 Å². The highest BCUT2D eigenvalue weighted by molar-refractivity contribution is 9.10. The first-order valence-electron chi connectivity index (χ1n) is 10.2. The van der Waals surface area contributed by atoms with Crippen molar-refractivity contribution in [1.82, 2.24) is 10.2 Å². The van der Waals surface area contributed by atoms with Gasteiger partial charge in [-0.05, 0) is 71.6 Å². The number of nitrogens with one attached hydrogen (secondary N) is 1. The van der Waals surface area contributed by atoms with Crippen LogP contribution in [0.1, 0.15) is 39.2 Å². The second-order valence-corrected chi connectivity index (χ2v) is 8.98. The second-order valence-electron chi connectivity index (χ2n) is 7.25. The Morgan fingerprint density at radius 2 is 1.71 bits per heavy atom. The topological polar surface area (TPSA) is 58.6 Å². The van der Waals surface area contributed by atoms with Gasteiger partial charge in [0.1, 0.15) is 11.8 Å². The summed E-state index contributed by atoms with van der Waals surface area (Å²) >= 11 is 15.3. The minimum Gasteiger partial charge on any atom is -0.483 e. The van der Waals surface area contributed by atoms with Gasteiger partial charge in [0.15, 0.2) is 6.61 Å². The Labute approximate surface area is 202 Å². The molecule has 0 spiro atoms. The monoisotopic (exact) mass is 528 g/mol. The molecule has 2 atom stereocenters. The molecule has 2 rings (SSSR count). The Hall–Kier alpha value is -1.76. The maximum Gasteiger partial charge on any atom is 0.261 e. The molecule has 2 aromatic rings. The fourth-order valence-corrected chi connectivity index (χ4v) is 3.88. The van der Waals surface area contributed by atoms with E-state index < -0.39 is 6.04 Å². The Bertz CT molecular complexity index is 893. The number of carbonyl (C=O) groups is 2. The summed E-state index contributed by atoms with van der Waals surface area (Å²) in [6.45, 7) is 5.89. The number of nitrogens with zero attached hydrogens (tertiary/aromatic N) is 1. The van der Waals surface area contributed by atoms with Crippen molar-refractivity contribution in [2.75, 3.05) is 6.61 Å². The normalized spacial score (nSPS) is 12.7. The number of halogens is 3. The second kappa shape index (κ2) is 12.3. The summed E-state index contributed by atoms with van der Waals surface area (Å²) in [5.41, 5.74) is 0.875. The van der Waals surface area contributed by atoms with E-state index in [0.717, 1.165) is 12.0 Å². The number of carbonyl (C=O) groups excluding carboxylic acids is 2. The van der Waals surface area contributed by atoms with Crippen LogP contribution in [-0.4, -0.2) is 35.4 Å². The van der Waals surface area contributed by atoms with Crippen LogP contribution in [0.2, 0.25) is 10.0 Å². The third-order valence-corrected chi connectivity index (χ3v) is 6.00. The van der Waals surface area contributed by atoms with Gasteiger partial charge in [-0.15, -0.1) is 0 Å². The summed E-state index contributed by atoms with van der Waals surface area (Å²) in [6, 6.07) is 11.7. The summed E-state index contributed by atoms with van der Waals surface area (Å²) in [5, 5.41) is 4.15. The molecular formula is C23H27BrCl2N2O3. The number of hydrogen-bond acceptors (Lipinski definition) is 3. The zero-order valence-electron chi connectivity index (χ0n) is 17.8. The van der Waals surface area contributed by atoms with Crippen LogP contribution in [-0.2, 0) is 16.1 Å². The Morgan fingerprint density at radius 3 is 2.29 bits per heavy atom. The van der Waals surface area contributed by atoms with Crippen LogP contribution in [0.4, 0.5) is 0 Å². The van der Waals surface area contributed by atoms with E-state index >= 15 is 0 Å². The zero-order valence-corrected chi connectivity index (χ0v) is 20.9. The van der Waals surface area contributed by atoms with Crippen molar-refractivity contribution in [3.05, 3.63) is 62.5 Å². The van der Waals surface area contributed by atoms with Crippen LogP contribution >= 0.6 is 39.1 Å². The Morgan fingerprint density at radius 1 is 1.06 bits per heavy atom. The molecule has 168 valence electrons. The lowest BCUT2D eigenvalue weighted by atomic mass is 10.1. The third-order valence-electron chi connectivity index (χ3n) is 4.90. The van der Waals surface area contributed by atoms with E-state index in [4.69, 9.17) is 27.9 Å². The van der Waals surface area contributed by atoms with Crippen LogP contribution in [0, 0.1) is 0 Å². The SMILES string of the molecule is CC[C@@H](C)NC(=O)[C@@H](CC)N(Cc1ccc(Cl)cc1)C(=O)COc1ccc(Cl)cc1Br. The van der Waals surface area contributed by atoms with Gasteiger partial charge in [0.25, 0.3) is 5.91 Å². The smallest absolute Gasteiger partial charge is 0.261 e. The van der Waals surface area contributed by atoms with Crippen LogP contribution in [0.3, 0.4) is 0 Å². The minimum atomic E-state index is -0.616. The zero-order chi connectivity index (χ0) is 23.0. The summed E-state index contributed by atoms with van der Waals surface area (Å²) in [7, 11) is 0. The summed E-state index contributed by atoms with van der Waals surface area (Å²) in [6.07, 6.45) is 1.28. The molecule has 5 nitrogen and oxygen atoms in total. The predicted molar refractivity (Wildman–Crippen MR) is 129 cm³/mol. The number of ether oxygens (including phenoxy) is 1. The van der Waals surface area contributed by atoms with E-state index in [1.807, 2.05) is 32.9 Å². The average Bonchev–Trinajstić information content (AvgIpc) is 2.74. The van der Waals surface area contributed by atoms with Crippen molar-refractivity contribution in [2.24, 2.45) is 0 Å². The van der Waals surface area contributed by atoms with E-state index in [9.17, 15) is 9.59 Å². The molecule has 0 aliphatic carbocycles. The number of rotatable bonds is 10. The molecule has 2 amide bonds. The maximum atomic E-state index is 13.2. The van der Waals surface area contributed by atoms with Gasteiger partial charge in [0.2, 0.25) is 5.91 Å². The van der Waals surface area contributed by atoms with Gasteiger partial charge in [-0.3, -0.25) is 9.59 Å². The molecular weight excluding hydrogens is 503 g/mol. The first kappa shape index (κ1) is 25.5. The molecule has 0 unspecified atom stereocenters. The molecule has 0 aromatic heterocycles. The first-order chi connectivity index (χ1) is 14.7. The van der Waals surface area contributed by atoms with Crippen LogP contribution in [0.5, 0.6) is 5.75 Å². The Balaban J connectivity index is 2.22. The van der Waals surface area contributed by atoms with Crippen molar-refractivity contribution in [1.29, 1.82) is 0 Å². The molecule has 8 heteroatoms. The fourth-order valence-electron chi connectivity index (χ4n) is 2.96. The van der Waals surface area contributed by atoms with Crippen LogP contribution in [0.25, 0.3) is 0 Å².